The molecule has 12 heteroatoms. The molecule has 2 aromatic carbocycles. The molecule has 2 amide bonds. The van der Waals surface area contributed by atoms with Crippen molar-refractivity contribution in [3.8, 4) is 11.3 Å². The van der Waals surface area contributed by atoms with Crippen LogP contribution in [0.25, 0.3) is 22.0 Å². The number of pyridine rings is 1. The predicted molar refractivity (Wildman–Crippen MR) is 132 cm³/mol. The van der Waals surface area contributed by atoms with E-state index in [1.54, 1.807) is 18.2 Å². The van der Waals surface area contributed by atoms with E-state index in [0.29, 0.717) is 17.4 Å². The van der Waals surface area contributed by atoms with E-state index in [-0.39, 0.29) is 55.5 Å². The Kier molecular flexibility index (Phi) is 8.32. The standard InChI is InChI=1S/C26H26F3N3O6/c27-26(28,29)21-4-2-1-3-18(21)22-12-16-6-5-15(11-19(16)24(35)32-22)20-13-17(31-23(20)34)14-38-25(36)30-7-9-37-10-8-33/h1-6,11-12,17,20,33H,7-10,13-14H2,(H,30,36)(H,31,34)(H,32,35)/t17-,20-/m0/s1. The minimum Gasteiger partial charge on any atom is -0.447 e. The molecule has 1 aliphatic heterocycles. The molecule has 3 aromatic rings. The number of amides is 2. The van der Waals surface area contributed by atoms with Crippen LogP contribution < -0.4 is 16.2 Å². The van der Waals surface area contributed by atoms with E-state index < -0.39 is 35.4 Å². The number of H-pyrrole nitrogens is 1. The van der Waals surface area contributed by atoms with E-state index in [0.717, 1.165) is 6.07 Å². The second-order valence-electron chi connectivity index (χ2n) is 8.76. The van der Waals surface area contributed by atoms with E-state index in [9.17, 15) is 27.6 Å². The molecule has 1 aliphatic rings. The average Bonchev–Trinajstić information content (AvgIpc) is 3.27. The van der Waals surface area contributed by atoms with Crippen molar-refractivity contribution in [2.24, 2.45) is 0 Å². The third-order valence-electron chi connectivity index (χ3n) is 6.15. The third-order valence-corrected chi connectivity index (χ3v) is 6.15. The summed E-state index contributed by atoms with van der Waals surface area (Å²) in [5.74, 6) is -0.879. The molecule has 0 unspecified atom stereocenters. The number of aliphatic hydroxyl groups excluding tert-OH is 1. The van der Waals surface area contributed by atoms with Gasteiger partial charge in [0.05, 0.1) is 37.3 Å². The van der Waals surface area contributed by atoms with E-state index >= 15 is 0 Å². The SMILES string of the molecule is O=C(NCCOCCO)OC[C@@H]1C[C@@H](c2ccc3cc(-c4ccccc4C(F)(F)F)[nH]c(=O)c3c2)C(=O)N1. The van der Waals surface area contributed by atoms with Crippen LogP contribution in [0.2, 0.25) is 0 Å². The zero-order valence-corrected chi connectivity index (χ0v) is 20.1. The first kappa shape index (κ1) is 27.1. The maximum atomic E-state index is 13.5. The van der Waals surface area contributed by atoms with Gasteiger partial charge in [-0.2, -0.15) is 13.2 Å². The molecule has 202 valence electrons. The Morgan fingerprint density at radius 3 is 2.66 bits per heavy atom. The molecule has 1 aromatic heterocycles. The lowest BCUT2D eigenvalue weighted by molar-refractivity contribution is -0.137. The number of alkyl carbamates (subject to hydrolysis) is 1. The zero-order valence-electron chi connectivity index (χ0n) is 20.1. The number of aromatic amines is 1. The zero-order chi connectivity index (χ0) is 27.3. The number of alkyl halides is 3. The van der Waals surface area contributed by atoms with Gasteiger partial charge in [0.25, 0.3) is 5.56 Å². The number of hydrogen-bond donors (Lipinski definition) is 4. The second-order valence-corrected chi connectivity index (χ2v) is 8.76. The molecule has 1 saturated heterocycles. The fourth-order valence-corrected chi connectivity index (χ4v) is 4.37. The average molecular weight is 534 g/mol. The van der Waals surface area contributed by atoms with Crippen LogP contribution in [0.5, 0.6) is 0 Å². The summed E-state index contributed by atoms with van der Waals surface area (Å²) in [5.41, 5.74) is -0.961. The van der Waals surface area contributed by atoms with Crippen LogP contribution in [0.4, 0.5) is 18.0 Å². The number of halogens is 3. The largest absolute Gasteiger partial charge is 0.447 e. The molecule has 4 N–H and O–H groups in total. The monoisotopic (exact) mass is 533 g/mol. The smallest absolute Gasteiger partial charge is 0.417 e. The van der Waals surface area contributed by atoms with E-state index in [4.69, 9.17) is 14.6 Å². The maximum absolute atomic E-state index is 13.5. The van der Waals surface area contributed by atoms with Gasteiger partial charge in [0.1, 0.15) is 6.61 Å². The second kappa shape index (κ2) is 11.7. The molecule has 2 atom stereocenters. The molecule has 0 saturated carbocycles. The third kappa shape index (κ3) is 6.32. The van der Waals surface area contributed by atoms with Gasteiger partial charge < -0.3 is 30.2 Å². The van der Waals surface area contributed by atoms with Crippen LogP contribution in [0.15, 0.2) is 53.3 Å². The molecule has 4 rings (SSSR count). The number of aliphatic hydroxyl groups is 1. The van der Waals surface area contributed by atoms with Gasteiger partial charge >= 0.3 is 12.3 Å². The van der Waals surface area contributed by atoms with Crippen molar-refractivity contribution < 1.29 is 37.3 Å². The highest BCUT2D eigenvalue weighted by Crippen LogP contribution is 2.37. The number of hydrogen-bond acceptors (Lipinski definition) is 6. The first-order valence-electron chi connectivity index (χ1n) is 11.9. The van der Waals surface area contributed by atoms with Gasteiger partial charge in [-0.3, -0.25) is 9.59 Å². The molecule has 0 radical (unpaired) electrons. The summed E-state index contributed by atoms with van der Waals surface area (Å²) in [7, 11) is 0. The van der Waals surface area contributed by atoms with Crippen molar-refractivity contribution in [1.29, 1.82) is 0 Å². The van der Waals surface area contributed by atoms with Gasteiger partial charge in [-0.1, -0.05) is 30.3 Å². The van der Waals surface area contributed by atoms with Gasteiger partial charge in [-0.05, 0) is 35.6 Å². The van der Waals surface area contributed by atoms with Gasteiger partial charge in [-0.15, -0.1) is 0 Å². The molecular formula is C26H26F3N3O6. The fourth-order valence-electron chi connectivity index (χ4n) is 4.37. The number of rotatable bonds is 9. The first-order chi connectivity index (χ1) is 18.2. The number of nitrogens with one attached hydrogen (secondary N) is 3. The summed E-state index contributed by atoms with van der Waals surface area (Å²) in [5, 5.41) is 14.6. The first-order valence-corrected chi connectivity index (χ1v) is 11.9. The quantitative estimate of drug-likeness (QED) is 0.313. The van der Waals surface area contributed by atoms with Crippen molar-refractivity contribution in [3.05, 3.63) is 70.0 Å². The molecule has 38 heavy (non-hydrogen) atoms. The molecule has 0 bridgehead atoms. The van der Waals surface area contributed by atoms with Gasteiger partial charge in [-0.25, -0.2) is 4.79 Å². The van der Waals surface area contributed by atoms with Crippen LogP contribution in [0.3, 0.4) is 0 Å². The van der Waals surface area contributed by atoms with Crippen LogP contribution in [0, 0.1) is 0 Å². The van der Waals surface area contributed by atoms with E-state index in [2.05, 4.69) is 15.6 Å². The molecular weight excluding hydrogens is 507 g/mol. The number of benzene rings is 2. The van der Waals surface area contributed by atoms with Gasteiger partial charge in [0.2, 0.25) is 5.91 Å². The van der Waals surface area contributed by atoms with Crippen LogP contribution >= 0.6 is 0 Å². The summed E-state index contributed by atoms with van der Waals surface area (Å²) in [6.45, 7) is 0.417. The Morgan fingerprint density at radius 2 is 1.89 bits per heavy atom. The van der Waals surface area contributed by atoms with Crippen molar-refractivity contribution >= 4 is 22.8 Å². The normalized spacial score (nSPS) is 17.4. The summed E-state index contributed by atoms with van der Waals surface area (Å²) in [6, 6.07) is 10.9. The van der Waals surface area contributed by atoms with E-state index in [1.165, 1.54) is 24.3 Å². The molecule has 0 aliphatic carbocycles. The Hall–Kier alpha value is -3.90. The maximum Gasteiger partial charge on any atom is 0.417 e. The lowest BCUT2D eigenvalue weighted by atomic mass is 9.93. The van der Waals surface area contributed by atoms with E-state index in [1.807, 2.05) is 0 Å². The Morgan fingerprint density at radius 1 is 1.11 bits per heavy atom. The van der Waals surface area contributed by atoms with Crippen LogP contribution in [-0.2, 0) is 20.4 Å². The lowest BCUT2D eigenvalue weighted by Crippen LogP contribution is -2.34. The van der Waals surface area contributed by atoms with Gasteiger partial charge in [0, 0.05) is 23.2 Å². The summed E-state index contributed by atoms with van der Waals surface area (Å²) in [4.78, 5) is 39.8. The van der Waals surface area contributed by atoms with Crippen LogP contribution in [-0.4, -0.2) is 61.1 Å². The predicted octanol–water partition coefficient (Wildman–Crippen LogP) is 2.92. The Labute approximate surface area is 215 Å². The van der Waals surface area contributed by atoms with Crippen molar-refractivity contribution in [2.45, 2.75) is 24.6 Å². The van der Waals surface area contributed by atoms with Crippen LogP contribution in [0.1, 0.15) is 23.5 Å². The summed E-state index contributed by atoms with van der Waals surface area (Å²) >= 11 is 0. The number of ether oxygens (including phenoxy) is 2. The molecule has 0 spiro atoms. The minimum atomic E-state index is -4.59. The highest BCUT2D eigenvalue weighted by Gasteiger charge is 2.35. The minimum absolute atomic E-state index is 0.0391. The number of carbonyl (C=O) groups is 2. The molecule has 2 heterocycles. The number of aromatic nitrogens is 1. The lowest BCUT2D eigenvalue weighted by Gasteiger charge is -2.14. The highest BCUT2D eigenvalue weighted by molar-refractivity contribution is 5.90. The highest BCUT2D eigenvalue weighted by atomic mass is 19.4. The Bertz CT molecular complexity index is 1370. The fraction of sp³-hybridized carbons (Fsp3) is 0.346. The topological polar surface area (TPSA) is 130 Å². The van der Waals surface area contributed by atoms with Crippen molar-refractivity contribution in [2.75, 3.05) is 33.0 Å². The van der Waals surface area contributed by atoms with Crippen molar-refractivity contribution in [1.82, 2.24) is 15.6 Å². The Balaban J connectivity index is 1.45. The van der Waals surface area contributed by atoms with Gasteiger partial charge in [0.15, 0.2) is 0 Å². The van der Waals surface area contributed by atoms with Crippen molar-refractivity contribution in [3.63, 3.8) is 0 Å². The number of carbonyl (C=O) groups excluding carboxylic acids is 2. The number of fused-ring (bicyclic) bond motifs is 1. The molecule has 9 nitrogen and oxygen atoms in total. The summed E-state index contributed by atoms with van der Waals surface area (Å²) in [6.07, 6.45) is -4.93. The molecule has 1 fully saturated rings. The summed E-state index contributed by atoms with van der Waals surface area (Å²) < 4.78 is 50.6.